The average Bonchev–Trinajstić information content (AvgIpc) is 3.18. The van der Waals surface area contributed by atoms with Crippen molar-refractivity contribution in [1.29, 1.82) is 0 Å². The zero-order chi connectivity index (χ0) is 21.1. The minimum absolute atomic E-state index is 0.0220. The molecule has 0 spiro atoms. The Hall–Kier alpha value is -2.41. The molecule has 29 heavy (non-hydrogen) atoms. The lowest BCUT2D eigenvalue weighted by molar-refractivity contribution is -0.140. The van der Waals surface area contributed by atoms with E-state index in [0.29, 0.717) is 30.5 Å². The first-order valence-electron chi connectivity index (χ1n) is 10.1. The van der Waals surface area contributed by atoms with E-state index in [2.05, 4.69) is 53.5 Å². The van der Waals surface area contributed by atoms with Gasteiger partial charge in [-0.3, -0.25) is 9.78 Å². The molecule has 0 amide bonds. The van der Waals surface area contributed by atoms with Crippen LogP contribution in [0.3, 0.4) is 0 Å². The summed E-state index contributed by atoms with van der Waals surface area (Å²) >= 11 is 5.70. The third-order valence-corrected chi connectivity index (χ3v) is 5.92. The predicted octanol–water partition coefficient (Wildman–Crippen LogP) is 4.01. The number of rotatable bonds is 7. The van der Waals surface area contributed by atoms with Gasteiger partial charge in [0.05, 0.1) is 24.9 Å². The molecule has 1 fully saturated rings. The minimum atomic E-state index is -0.195. The highest BCUT2D eigenvalue weighted by atomic mass is 32.1. The topological polar surface area (TPSA) is 59.4 Å². The quantitative estimate of drug-likeness (QED) is 0.546. The average molecular weight is 415 g/mol. The van der Waals surface area contributed by atoms with Crippen molar-refractivity contribution in [3.05, 3.63) is 53.1 Å². The van der Waals surface area contributed by atoms with Crippen molar-refractivity contribution in [3.63, 3.8) is 0 Å². The summed E-state index contributed by atoms with van der Waals surface area (Å²) < 4.78 is 7.15. The normalized spacial score (nSPS) is 19.0. The maximum atomic E-state index is 11.6. The summed E-state index contributed by atoms with van der Waals surface area (Å²) in [5.74, 6) is -0.195. The molecular weight excluding hydrogens is 384 g/mol. The van der Waals surface area contributed by atoms with Crippen LogP contribution in [0.2, 0.25) is 0 Å². The summed E-state index contributed by atoms with van der Waals surface area (Å²) in [6.07, 6.45) is 2.87. The smallest absolute Gasteiger partial charge is 0.305 e. The van der Waals surface area contributed by atoms with Crippen LogP contribution in [0.15, 0.2) is 30.5 Å². The number of hydrogen-bond acceptors (Lipinski definition) is 4. The summed E-state index contributed by atoms with van der Waals surface area (Å²) in [6.45, 7) is 9.40. The van der Waals surface area contributed by atoms with E-state index in [1.54, 1.807) is 0 Å². The Morgan fingerprint density at radius 3 is 2.69 bits per heavy atom. The Morgan fingerprint density at radius 2 is 2.10 bits per heavy atom. The van der Waals surface area contributed by atoms with Gasteiger partial charge in [-0.25, -0.2) is 0 Å². The molecule has 0 radical (unpaired) electrons. The van der Waals surface area contributed by atoms with Gasteiger partial charge < -0.3 is 19.5 Å². The number of carbonyl (C=O) groups is 1. The highest BCUT2D eigenvalue weighted by Gasteiger charge is 2.41. The fraction of sp³-hybridized carbons (Fsp3) is 0.500. The van der Waals surface area contributed by atoms with Gasteiger partial charge >= 0.3 is 5.97 Å². The molecule has 156 valence electrons. The van der Waals surface area contributed by atoms with Crippen molar-refractivity contribution >= 4 is 23.3 Å². The zero-order valence-corrected chi connectivity index (χ0v) is 18.6. The molecule has 2 atom stereocenters. The van der Waals surface area contributed by atoms with E-state index in [-0.39, 0.29) is 18.1 Å². The van der Waals surface area contributed by atoms with E-state index in [9.17, 15) is 4.79 Å². The van der Waals surface area contributed by atoms with Crippen molar-refractivity contribution < 1.29 is 9.53 Å². The second-order valence-corrected chi connectivity index (χ2v) is 8.18. The second-order valence-electron chi connectivity index (χ2n) is 7.79. The number of hydrogen-bond donors (Lipinski definition) is 1. The number of nitrogens with one attached hydrogen (secondary N) is 1. The van der Waals surface area contributed by atoms with Crippen LogP contribution in [0.1, 0.15) is 67.5 Å². The van der Waals surface area contributed by atoms with E-state index in [0.717, 1.165) is 5.69 Å². The highest BCUT2D eigenvalue weighted by molar-refractivity contribution is 7.80. The van der Waals surface area contributed by atoms with Crippen LogP contribution in [-0.4, -0.2) is 39.2 Å². The van der Waals surface area contributed by atoms with Gasteiger partial charge in [-0.2, -0.15) is 0 Å². The third-order valence-electron chi connectivity index (χ3n) is 5.56. The molecule has 7 heteroatoms. The van der Waals surface area contributed by atoms with Crippen molar-refractivity contribution in [2.45, 2.75) is 58.7 Å². The van der Waals surface area contributed by atoms with E-state index in [1.165, 1.54) is 24.1 Å². The number of thiocarbonyl (C=S) groups is 1. The molecule has 1 aliphatic heterocycles. The summed E-state index contributed by atoms with van der Waals surface area (Å²) in [7, 11) is 1.42. The van der Waals surface area contributed by atoms with Gasteiger partial charge in [0.2, 0.25) is 0 Å². The minimum Gasteiger partial charge on any atom is -0.469 e. The number of carbonyl (C=O) groups excluding carboxylic acids is 1. The molecule has 3 heterocycles. The number of methoxy groups -OCH3 is 1. The van der Waals surface area contributed by atoms with Gasteiger partial charge in [0.1, 0.15) is 0 Å². The van der Waals surface area contributed by atoms with Gasteiger partial charge in [-0.1, -0.05) is 6.07 Å². The SMILES string of the molecule is COC(=O)CCCN1C(=S)N[C@H](c2ccccn2)[C@H]1c1cc(C)n(C(C)C)c1C. The largest absolute Gasteiger partial charge is 0.469 e. The molecule has 1 saturated heterocycles. The lowest BCUT2D eigenvalue weighted by Crippen LogP contribution is -2.31. The molecule has 0 aromatic carbocycles. The number of aryl methyl sites for hydroxylation is 1. The molecule has 0 bridgehead atoms. The molecule has 1 N–H and O–H groups in total. The van der Waals surface area contributed by atoms with Crippen LogP contribution in [0.4, 0.5) is 0 Å². The molecule has 2 aromatic rings. The number of esters is 1. The van der Waals surface area contributed by atoms with Crippen LogP contribution in [-0.2, 0) is 9.53 Å². The van der Waals surface area contributed by atoms with Crippen molar-refractivity contribution in [3.8, 4) is 0 Å². The van der Waals surface area contributed by atoms with Crippen molar-refractivity contribution in [2.24, 2.45) is 0 Å². The Morgan fingerprint density at radius 1 is 1.34 bits per heavy atom. The Labute approximate surface area is 178 Å². The summed E-state index contributed by atoms with van der Waals surface area (Å²) in [5.41, 5.74) is 4.69. The first kappa shape index (κ1) is 21.3. The third kappa shape index (κ3) is 4.29. The lowest BCUT2D eigenvalue weighted by atomic mass is 9.96. The van der Waals surface area contributed by atoms with E-state index >= 15 is 0 Å². The van der Waals surface area contributed by atoms with Crippen molar-refractivity contribution in [1.82, 2.24) is 19.8 Å². The molecule has 1 aliphatic rings. The monoisotopic (exact) mass is 414 g/mol. The van der Waals surface area contributed by atoms with E-state index in [4.69, 9.17) is 17.0 Å². The summed E-state index contributed by atoms with van der Waals surface area (Å²) in [5, 5.41) is 4.17. The number of pyridine rings is 1. The van der Waals surface area contributed by atoms with E-state index in [1.807, 2.05) is 24.4 Å². The first-order chi connectivity index (χ1) is 13.8. The number of aromatic nitrogens is 2. The van der Waals surface area contributed by atoms with E-state index < -0.39 is 0 Å². The maximum Gasteiger partial charge on any atom is 0.305 e. The summed E-state index contributed by atoms with van der Waals surface area (Å²) in [4.78, 5) is 18.4. The molecule has 6 nitrogen and oxygen atoms in total. The van der Waals surface area contributed by atoms with Crippen LogP contribution in [0.25, 0.3) is 0 Å². The van der Waals surface area contributed by atoms with Gasteiger partial charge in [-0.15, -0.1) is 0 Å². The Bertz CT molecular complexity index is 878. The molecule has 0 saturated carbocycles. The second kappa shape index (κ2) is 8.95. The first-order valence-corrected chi connectivity index (χ1v) is 10.5. The van der Waals surface area contributed by atoms with Crippen LogP contribution < -0.4 is 5.32 Å². The molecule has 0 unspecified atom stereocenters. The van der Waals surface area contributed by atoms with Crippen LogP contribution in [0.5, 0.6) is 0 Å². The molecule has 2 aromatic heterocycles. The number of ether oxygens (including phenoxy) is 1. The fourth-order valence-corrected chi connectivity index (χ4v) is 4.71. The summed E-state index contributed by atoms with van der Waals surface area (Å²) in [6, 6.07) is 8.58. The predicted molar refractivity (Wildman–Crippen MR) is 118 cm³/mol. The van der Waals surface area contributed by atoms with Crippen molar-refractivity contribution in [2.75, 3.05) is 13.7 Å². The lowest BCUT2D eigenvalue weighted by Gasteiger charge is -2.28. The molecular formula is C22H30N4O2S. The fourth-order valence-electron chi connectivity index (χ4n) is 4.38. The van der Waals surface area contributed by atoms with Crippen LogP contribution in [0, 0.1) is 13.8 Å². The molecule has 3 rings (SSSR count). The van der Waals surface area contributed by atoms with Gasteiger partial charge in [0.15, 0.2) is 5.11 Å². The Balaban J connectivity index is 1.99. The zero-order valence-electron chi connectivity index (χ0n) is 17.8. The van der Waals surface area contributed by atoms with Gasteiger partial charge in [0.25, 0.3) is 0 Å². The van der Waals surface area contributed by atoms with Gasteiger partial charge in [0, 0.05) is 36.6 Å². The Kier molecular flexibility index (Phi) is 6.57. The van der Waals surface area contributed by atoms with Gasteiger partial charge in [-0.05, 0) is 70.1 Å². The maximum absolute atomic E-state index is 11.6. The standard InChI is InChI=1S/C22H30N4O2S/c1-14(2)26-15(3)13-17(16(26)4)21-20(18-9-6-7-11-23-18)24-22(29)25(21)12-8-10-19(27)28-5/h6-7,9,11,13-14,20-21H,8,10,12H2,1-5H3,(H,24,29)/t20-,21-/m1/s1. The van der Waals surface area contributed by atoms with Crippen LogP contribution >= 0.6 is 12.2 Å². The molecule has 0 aliphatic carbocycles. The number of nitrogens with zero attached hydrogens (tertiary/aromatic N) is 3. The highest BCUT2D eigenvalue weighted by Crippen LogP contribution is 2.41.